The number of aryl methyl sites for hydroxylation is 2. The van der Waals surface area contributed by atoms with Gasteiger partial charge >= 0.3 is 0 Å². The smallest absolute Gasteiger partial charge is 0.264 e. The molecule has 5 nitrogen and oxygen atoms in total. The second kappa shape index (κ2) is 8.23. The zero-order chi connectivity index (χ0) is 19.7. The van der Waals surface area contributed by atoms with Crippen LogP contribution in [0, 0.1) is 12.8 Å². The molecule has 1 fully saturated rings. The SMILES string of the molecule is Cc1cc(Cl)ccc1NC(=O)[C@H]1CCc2sc(C(=O)N3CCOCC3)cc2C1. The van der Waals surface area contributed by atoms with E-state index in [4.69, 9.17) is 16.3 Å². The van der Waals surface area contributed by atoms with E-state index in [0.29, 0.717) is 37.7 Å². The number of anilines is 1. The molecule has 4 rings (SSSR count). The van der Waals surface area contributed by atoms with E-state index in [1.165, 1.54) is 4.88 Å². The number of nitrogens with zero attached hydrogens (tertiary/aromatic N) is 1. The van der Waals surface area contributed by atoms with E-state index in [-0.39, 0.29) is 17.7 Å². The number of amides is 2. The van der Waals surface area contributed by atoms with Gasteiger partial charge in [0.2, 0.25) is 5.91 Å². The van der Waals surface area contributed by atoms with Crippen molar-refractivity contribution in [1.82, 2.24) is 4.90 Å². The number of nitrogens with one attached hydrogen (secondary N) is 1. The Morgan fingerprint density at radius 2 is 2.04 bits per heavy atom. The van der Waals surface area contributed by atoms with Gasteiger partial charge in [-0.2, -0.15) is 0 Å². The van der Waals surface area contributed by atoms with Crippen molar-refractivity contribution in [2.45, 2.75) is 26.2 Å². The molecule has 0 saturated carbocycles. The van der Waals surface area contributed by atoms with Gasteiger partial charge in [-0.05, 0) is 61.6 Å². The first-order chi connectivity index (χ1) is 13.5. The van der Waals surface area contributed by atoms with Crippen molar-refractivity contribution in [2.24, 2.45) is 5.92 Å². The van der Waals surface area contributed by atoms with Crippen molar-refractivity contribution in [1.29, 1.82) is 0 Å². The van der Waals surface area contributed by atoms with Crippen molar-refractivity contribution < 1.29 is 14.3 Å². The highest BCUT2D eigenvalue weighted by atomic mass is 35.5. The molecule has 2 aromatic rings. The molecule has 0 radical (unpaired) electrons. The van der Waals surface area contributed by atoms with E-state index in [1.807, 2.05) is 30.0 Å². The van der Waals surface area contributed by atoms with Gasteiger partial charge in [0.1, 0.15) is 0 Å². The Labute approximate surface area is 173 Å². The molecule has 1 saturated heterocycles. The minimum absolute atomic E-state index is 0.0309. The summed E-state index contributed by atoms with van der Waals surface area (Å²) in [6, 6.07) is 7.46. The van der Waals surface area contributed by atoms with Crippen LogP contribution in [0.5, 0.6) is 0 Å². The van der Waals surface area contributed by atoms with Crippen LogP contribution in [-0.4, -0.2) is 43.0 Å². The van der Waals surface area contributed by atoms with Crippen LogP contribution in [0.25, 0.3) is 0 Å². The second-order valence-corrected chi connectivity index (χ2v) is 8.93. The average molecular weight is 419 g/mol. The normalized spacial score (nSPS) is 19.2. The summed E-state index contributed by atoms with van der Waals surface area (Å²) in [5.41, 5.74) is 2.89. The molecule has 0 bridgehead atoms. The number of rotatable bonds is 3. The van der Waals surface area contributed by atoms with E-state index in [2.05, 4.69) is 5.32 Å². The minimum Gasteiger partial charge on any atom is -0.378 e. The predicted molar refractivity (Wildman–Crippen MR) is 111 cm³/mol. The van der Waals surface area contributed by atoms with Gasteiger partial charge in [0.25, 0.3) is 5.91 Å². The van der Waals surface area contributed by atoms with Gasteiger partial charge < -0.3 is 15.0 Å². The summed E-state index contributed by atoms with van der Waals surface area (Å²) < 4.78 is 5.33. The van der Waals surface area contributed by atoms with Crippen LogP contribution in [0.3, 0.4) is 0 Å². The van der Waals surface area contributed by atoms with Crippen molar-refractivity contribution in [3.05, 3.63) is 50.2 Å². The van der Waals surface area contributed by atoms with Crippen molar-refractivity contribution in [3.63, 3.8) is 0 Å². The Hall–Kier alpha value is -1.89. The Morgan fingerprint density at radius 1 is 1.25 bits per heavy atom. The molecule has 1 atom stereocenters. The Bertz CT molecular complexity index is 905. The van der Waals surface area contributed by atoms with Gasteiger partial charge in [-0.25, -0.2) is 0 Å². The molecular weight excluding hydrogens is 396 g/mol. The highest BCUT2D eigenvalue weighted by Crippen LogP contribution is 2.34. The lowest BCUT2D eigenvalue weighted by Crippen LogP contribution is -2.40. The predicted octanol–water partition coefficient (Wildman–Crippen LogP) is 3.93. The monoisotopic (exact) mass is 418 g/mol. The molecule has 7 heteroatoms. The number of halogens is 1. The Morgan fingerprint density at radius 3 is 2.79 bits per heavy atom. The highest BCUT2D eigenvalue weighted by molar-refractivity contribution is 7.14. The molecular formula is C21H23ClN2O3S. The van der Waals surface area contributed by atoms with Crippen LogP contribution < -0.4 is 5.32 Å². The average Bonchev–Trinajstić information content (AvgIpc) is 3.13. The number of ether oxygens (including phenoxy) is 1. The molecule has 1 aromatic carbocycles. The fourth-order valence-corrected chi connectivity index (χ4v) is 5.18. The maximum absolute atomic E-state index is 12.8. The summed E-state index contributed by atoms with van der Waals surface area (Å²) in [5.74, 6) is 0.0346. The number of morpholine rings is 1. The van der Waals surface area contributed by atoms with E-state index in [9.17, 15) is 9.59 Å². The third-order valence-corrected chi connectivity index (χ3v) is 6.87. The lowest BCUT2D eigenvalue weighted by molar-refractivity contribution is -0.120. The first-order valence-electron chi connectivity index (χ1n) is 9.57. The first kappa shape index (κ1) is 19.4. The van der Waals surface area contributed by atoms with E-state index in [1.54, 1.807) is 17.4 Å². The summed E-state index contributed by atoms with van der Waals surface area (Å²) >= 11 is 7.57. The van der Waals surface area contributed by atoms with E-state index < -0.39 is 0 Å². The number of fused-ring (bicyclic) bond motifs is 1. The number of hydrogen-bond donors (Lipinski definition) is 1. The lowest BCUT2D eigenvalue weighted by atomic mass is 9.87. The quantitative estimate of drug-likeness (QED) is 0.821. The van der Waals surface area contributed by atoms with Gasteiger partial charge in [-0.3, -0.25) is 9.59 Å². The fourth-order valence-electron chi connectivity index (χ4n) is 3.78. The number of thiophene rings is 1. The fraction of sp³-hybridized carbons (Fsp3) is 0.429. The van der Waals surface area contributed by atoms with Crippen molar-refractivity contribution >= 4 is 40.4 Å². The third kappa shape index (κ3) is 4.09. The molecule has 2 heterocycles. The third-order valence-electron chi connectivity index (χ3n) is 5.41. The molecule has 2 amide bonds. The van der Waals surface area contributed by atoms with E-state index >= 15 is 0 Å². The first-order valence-corrected chi connectivity index (χ1v) is 10.8. The van der Waals surface area contributed by atoms with Crippen LogP contribution in [-0.2, 0) is 22.4 Å². The lowest BCUT2D eigenvalue weighted by Gasteiger charge is -2.26. The Balaban J connectivity index is 1.43. The summed E-state index contributed by atoms with van der Waals surface area (Å²) in [5, 5.41) is 3.70. The number of hydrogen-bond acceptors (Lipinski definition) is 4. The summed E-state index contributed by atoms with van der Waals surface area (Å²) in [6.07, 6.45) is 2.33. The van der Waals surface area contributed by atoms with Crippen LogP contribution in [0.1, 0.15) is 32.1 Å². The number of carbonyl (C=O) groups excluding carboxylic acids is 2. The van der Waals surface area contributed by atoms with E-state index in [0.717, 1.165) is 34.5 Å². The number of benzene rings is 1. The van der Waals surface area contributed by atoms with Gasteiger partial charge in [-0.15, -0.1) is 11.3 Å². The standard InChI is InChI=1S/C21H23ClN2O3S/c1-13-10-16(22)3-4-17(13)23-20(25)14-2-5-18-15(11-14)12-19(28-18)21(26)24-6-8-27-9-7-24/h3-4,10,12,14H,2,5-9,11H2,1H3,(H,23,25)/t14-/m0/s1. The molecule has 1 N–H and O–H groups in total. The molecule has 28 heavy (non-hydrogen) atoms. The molecule has 1 aromatic heterocycles. The van der Waals surface area contributed by atoms with Gasteiger partial charge in [-0.1, -0.05) is 11.6 Å². The maximum Gasteiger partial charge on any atom is 0.264 e. The Kier molecular flexibility index (Phi) is 5.71. The van der Waals surface area contributed by atoms with Crippen molar-refractivity contribution in [3.8, 4) is 0 Å². The zero-order valence-electron chi connectivity index (χ0n) is 15.8. The summed E-state index contributed by atoms with van der Waals surface area (Å²) in [7, 11) is 0. The van der Waals surface area contributed by atoms with Gasteiger partial charge in [0.15, 0.2) is 0 Å². The topological polar surface area (TPSA) is 58.6 Å². The molecule has 0 unspecified atom stereocenters. The molecule has 1 aliphatic carbocycles. The molecule has 0 spiro atoms. The second-order valence-electron chi connectivity index (χ2n) is 7.35. The van der Waals surface area contributed by atoms with Gasteiger partial charge in [0.05, 0.1) is 18.1 Å². The van der Waals surface area contributed by atoms with Crippen molar-refractivity contribution in [2.75, 3.05) is 31.6 Å². The molecule has 2 aliphatic rings. The van der Waals surface area contributed by atoms with Crippen LogP contribution in [0.2, 0.25) is 5.02 Å². The molecule has 148 valence electrons. The van der Waals surface area contributed by atoms with Crippen LogP contribution in [0.4, 0.5) is 5.69 Å². The molecule has 1 aliphatic heterocycles. The summed E-state index contributed by atoms with van der Waals surface area (Å²) in [6.45, 7) is 4.43. The van der Waals surface area contributed by atoms with Crippen LogP contribution in [0.15, 0.2) is 24.3 Å². The minimum atomic E-state index is -0.0801. The largest absolute Gasteiger partial charge is 0.378 e. The number of carbonyl (C=O) groups is 2. The summed E-state index contributed by atoms with van der Waals surface area (Å²) in [4.78, 5) is 29.4. The zero-order valence-corrected chi connectivity index (χ0v) is 17.4. The van der Waals surface area contributed by atoms with Crippen LogP contribution >= 0.6 is 22.9 Å². The van der Waals surface area contributed by atoms with Gasteiger partial charge in [0, 0.05) is 34.6 Å². The maximum atomic E-state index is 12.8. The highest BCUT2D eigenvalue weighted by Gasteiger charge is 2.29.